The molecule has 5 nitrogen and oxygen atoms in total. The van der Waals surface area contributed by atoms with Crippen molar-refractivity contribution in [3.05, 3.63) is 29.7 Å². The Morgan fingerprint density at radius 1 is 1.37 bits per heavy atom. The molecule has 0 saturated carbocycles. The molecule has 0 aliphatic carbocycles. The highest BCUT2D eigenvalue weighted by atomic mass is 32.2. The van der Waals surface area contributed by atoms with Crippen LogP contribution in [0.25, 0.3) is 32.2 Å². The number of nitrogen functional groups attached to an aromatic ring is 1. The van der Waals surface area contributed by atoms with E-state index in [1.807, 2.05) is 30.4 Å². The number of rotatable bonds is 6. The molecule has 0 radical (unpaired) electrons. The zero-order chi connectivity index (χ0) is 19.0. The maximum absolute atomic E-state index is 6.59. The highest BCUT2D eigenvalue weighted by molar-refractivity contribution is 8.01. The molecule has 8 heteroatoms. The Labute approximate surface area is 170 Å². The number of hydrogen-bond donors (Lipinski definition) is 2. The van der Waals surface area contributed by atoms with Crippen molar-refractivity contribution in [3.8, 4) is 22.0 Å². The van der Waals surface area contributed by atoms with Gasteiger partial charge in [-0.25, -0.2) is 19.5 Å². The van der Waals surface area contributed by atoms with Crippen LogP contribution in [0.1, 0.15) is 25.6 Å². The highest BCUT2D eigenvalue weighted by Crippen LogP contribution is 2.45. The number of aromatic nitrogens is 4. The Morgan fingerprint density at radius 2 is 2.22 bits per heavy atom. The minimum absolute atomic E-state index is 0.846. The van der Waals surface area contributed by atoms with Gasteiger partial charge in [0, 0.05) is 29.5 Å². The summed E-state index contributed by atoms with van der Waals surface area (Å²) in [6, 6.07) is 2.11. The average Bonchev–Trinajstić information content (AvgIpc) is 3.36. The summed E-state index contributed by atoms with van der Waals surface area (Å²) < 4.78 is 3.25. The van der Waals surface area contributed by atoms with Crippen LogP contribution in [0.15, 0.2) is 28.0 Å². The van der Waals surface area contributed by atoms with Crippen molar-refractivity contribution in [2.24, 2.45) is 7.05 Å². The quantitative estimate of drug-likeness (QED) is 0.263. The molecular formula is C19H22N5S3+. The third-order valence-electron chi connectivity index (χ3n) is 4.50. The van der Waals surface area contributed by atoms with Crippen molar-refractivity contribution >= 4 is 50.3 Å². The summed E-state index contributed by atoms with van der Waals surface area (Å²) in [7, 11) is 2.04. The molecule has 0 aromatic carbocycles. The topological polar surface area (TPSA) is 71.5 Å². The molecule has 0 saturated heterocycles. The van der Waals surface area contributed by atoms with Gasteiger partial charge < -0.3 is 5.73 Å². The van der Waals surface area contributed by atoms with Gasteiger partial charge in [-0.15, -0.1) is 34.4 Å². The Balaban J connectivity index is 1.91. The van der Waals surface area contributed by atoms with Gasteiger partial charge in [-0.1, -0.05) is 13.3 Å². The van der Waals surface area contributed by atoms with E-state index in [1.165, 1.54) is 12.8 Å². The fourth-order valence-corrected chi connectivity index (χ4v) is 5.98. The molecule has 140 valence electrons. The normalized spacial score (nSPS) is 11.5. The number of anilines is 1. The molecule has 0 amide bonds. The molecule has 0 aliphatic heterocycles. The van der Waals surface area contributed by atoms with Crippen molar-refractivity contribution in [1.82, 2.24) is 15.0 Å². The summed E-state index contributed by atoms with van der Waals surface area (Å²) in [5.74, 6) is 2.18. The van der Waals surface area contributed by atoms with E-state index in [0.29, 0.717) is 0 Å². The van der Waals surface area contributed by atoms with E-state index < -0.39 is 0 Å². The average molecular weight is 417 g/mol. The van der Waals surface area contributed by atoms with Crippen LogP contribution >= 0.6 is 34.4 Å². The smallest absolute Gasteiger partial charge is 0.251 e. The lowest BCUT2D eigenvalue weighted by Gasteiger charge is -2.03. The van der Waals surface area contributed by atoms with E-state index in [9.17, 15) is 0 Å². The van der Waals surface area contributed by atoms with Gasteiger partial charge in [-0.05, 0) is 18.2 Å². The third kappa shape index (κ3) is 3.49. The summed E-state index contributed by atoms with van der Waals surface area (Å²) in [6.07, 6.45) is 6.30. The first kappa shape index (κ1) is 18.5. The predicted octanol–water partition coefficient (Wildman–Crippen LogP) is 5.02. The lowest BCUT2D eigenvalue weighted by Crippen LogP contribution is -2.27. The minimum atomic E-state index is 0.846. The Morgan fingerprint density at radius 3 is 2.89 bits per heavy atom. The van der Waals surface area contributed by atoms with E-state index in [-0.39, 0.29) is 0 Å². The number of nitrogens with two attached hydrogens (primary N) is 1. The molecule has 0 unspecified atom stereocenters. The van der Waals surface area contributed by atoms with Crippen LogP contribution < -0.4 is 10.3 Å². The maximum atomic E-state index is 6.59. The Kier molecular flexibility index (Phi) is 5.21. The van der Waals surface area contributed by atoms with Gasteiger partial charge in [0.15, 0.2) is 5.69 Å². The van der Waals surface area contributed by atoms with Gasteiger partial charge in [-0.3, -0.25) is 0 Å². The van der Waals surface area contributed by atoms with E-state index in [1.54, 1.807) is 22.7 Å². The van der Waals surface area contributed by atoms with Crippen LogP contribution in [0.3, 0.4) is 0 Å². The van der Waals surface area contributed by atoms with Crippen molar-refractivity contribution < 1.29 is 4.57 Å². The second kappa shape index (κ2) is 7.61. The van der Waals surface area contributed by atoms with E-state index in [0.717, 1.165) is 53.6 Å². The van der Waals surface area contributed by atoms with Crippen molar-refractivity contribution in [1.29, 1.82) is 0 Å². The zero-order valence-electron chi connectivity index (χ0n) is 15.6. The molecule has 0 fully saturated rings. The number of H-pyrrole nitrogens is 1. The number of aromatic amines is 1. The predicted molar refractivity (Wildman–Crippen MR) is 116 cm³/mol. The molecule has 27 heavy (non-hydrogen) atoms. The molecular weight excluding hydrogens is 394 g/mol. The molecule has 4 aromatic heterocycles. The van der Waals surface area contributed by atoms with Gasteiger partial charge in [0.1, 0.15) is 21.7 Å². The first-order valence-electron chi connectivity index (χ1n) is 8.89. The molecule has 0 aliphatic rings. The van der Waals surface area contributed by atoms with Crippen LogP contribution in [0.2, 0.25) is 0 Å². The second-order valence-corrected chi connectivity index (χ2v) is 9.70. The van der Waals surface area contributed by atoms with Crippen LogP contribution in [0.5, 0.6) is 0 Å². The fourth-order valence-electron chi connectivity index (χ4n) is 2.93. The number of nitrogens with zero attached hydrogens (tertiary/aromatic N) is 3. The second-order valence-electron chi connectivity index (χ2n) is 6.44. The number of thioether (sulfide) groups is 1. The minimum Gasteiger partial charge on any atom is -0.397 e. The van der Waals surface area contributed by atoms with Crippen molar-refractivity contribution in [2.75, 3.05) is 11.5 Å². The third-order valence-corrected chi connectivity index (χ3v) is 7.77. The van der Waals surface area contributed by atoms with Crippen LogP contribution in [0.4, 0.5) is 5.69 Å². The number of hydrogen-bond acceptors (Lipinski definition) is 6. The molecule has 4 aromatic rings. The molecule has 4 rings (SSSR count). The largest absolute Gasteiger partial charge is 0.397 e. The molecule has 0 atom stereocenters. The number of nitrogens with one attached hydrogen (secondary N) is 1. The monoisotopic (exact) mass is 416 g/mol. The summed E-state index contributed by atoms with van der Waals surface area (Å²) in [5, 5.41) is 3.95. The number of thiophene rings is 1. The van der Waals surface area contributed by atoms with Gasteiger partial charge in [-0.2, -0.15) is 0 Å². The number of imidazole rings is 1. The number of fused-ring (bicyclic) bond motifs is 1. The fraction of sp³-hybridized carbons (Fsp3) is 0.316. The summed E-state index contributed by atoms with van der Waals surface area (Å²) in [6.45, 7) is 4.27. The molecule has 4 heterocycles. The van der Waals surface area contributed by atoms with Gasteiger partial charge in [0.25, 0.3) is 5.82 Å². The summed E-state index contributed by atoms with van der Waals surface area (Å²) in [4.78, 5) is 13.8. The Hall–Kier alpha value is -1.90. The SMILES string of the molecule is CCCCSc1sc2nc(-c3nccs3)cc(-c3c[n+](C)c(C)[nH]3)c2c1N. The van der Waals surface area contributed by atoms with Crippen molar-refractivity contribution in [2.45, 2.75) is 30.9 Å². The van der Waals surface area contributed by atoms with E-state index in [4.69, 9.17) is 10.7 Å². The van der Waals surface area contributed by atoms with E-state index in [2.05, 4.69) is 40.6 Å². The maximum Gasteiger partial charge on any atom is 0.251 e. The highest BCUT2D eigenvalue weighted by Gasteiger charge is 2.22. The standard InChI is InChI=1S/C19H21N5S3/c1-4-5-7-26-19-16(20)15-12(14-10-24(3)11(2)22-14)9-13(23-18(15)27-19)17-21-6-8-25-17/h6,8-10H,4-5,7,20H2,1-3H3/p+1. The van der Waals surface area contributed by atoms with Crippen LogP contribution in [0, 0.1) is 6.92 Å². The van der Waals surface area contributed by atoms with Gasteiger partial charge in [0.2, 0.25) is 0 Å². The number of pyridine rings is 1. The Bertz CT molecular complexity index is 1060. The summed E-state index contributed by atoms with van der Waals surface area (Å²) in [5.41, 5.74) is 10.5. The molecule has 3 N–H and O–H groups in total. The van der Waals surface area contributed by atoms with Crippen LogP contribution in [-0.2, 0) is 7.05 Å². The number of thiazole rings is 1. The lowest BCUT2D eigenvalue weighted by molar-refractivity contribution is -0.676. The molecule has 0 spiro atoms. The number of unbranched alkanes of at least 4 members (excludes halogenated alkanes) is 1. The van der Waals surface area contributed by atoms with Crippen molar-refractivity contribution in [3.63, 3.8) is 0 Å². The number of aryl methyl sites for hydroxylation is 2. The van der Waals surface area contributed by atoms with Crippen LogP contribution in [-0.4, -0.2) is 20.7 Å². The summed E-state index contributed by atoms with van der Waals surface area (Å²) >= 11 is 5.13. The van der Waals surface area contributed by atoms with Gasteiger partial charge >= 0.3 is 0 Å². The lowest BCUT2D eigenvalue weighted by atomic mass is 10.1. The van der Waals surface area contributed by atoms with Gasteiger partial charge in [0.05, 0.1) is 16.9 Å². The zero-order valence-corrected chi connectivity index (χ0v) is 18.0. The first-order valence-corrected chi connectivity index (χ1v) is 11.6. The molecule has 0 bridgehead atoms. The first-order chi connectivity index (χ1) is 13.1. The van der Waals surface area contributed by atoms with E-state index >= 15 is 0 Å².